The molecule has 1 amide bonds. The molecule has 0 spiro atoms. The lowest BCUT2D eigenvalue weighted by atomic mass is 10.2. The van der Waals surface area contributed by atoms with Crippen molar-refractivity contribution in [1.29, 1.82) is 0 Å². The lowest BCUT2D eigenvalue weighted by Crippen LogP contribution is -2.40. The Balaban J connectivity index is 1.31. The molecule has 4 rings (SSSR count). The maximum absolute atomic E-state index is 12.6. The third-order valence-corrected chi connectivity index (χ3v) is 6.77. The quantitative estimate of drug-likeness (QED) is 0.638. The highest BCUT2D eigenvalue weighted by Gasteiger charge is 2.26. The molecule has 32 heavy (non-hydrogen) atoms. The van der Waals surface area contributed by atoms with Gasteiger partial charge >= 0.3 is 5.97 Å². The normalized spacial score (nSPS) is 16.2. The van der Waals surface area contributed by atoms with Crippen molar-refractivity contribution < 1.29 is 37.0 Å². The van der Waals surface area contributed by atoms with Crippen LogP contribution in [0, 0.1) is 0 Å². The number of anilines is 1. The van der Waals surface area contributed by atoms with Crippen molar-refractivity contribution in [3.8, 4) is 11.5 Å². The van der Waals surface area contributed by atoms with E-state index >= 15 is 0 Å². The van der Waals surface area contributed by atoms with Crippen LogP contribution in [0.4, 0.5) is 5.69 Å². The van der Waals surface area contributed by atoms with Crippen LogP contribution in [0.15, 0.2) is 47.4 Å². The second-order valence-corrected chi connectivity index (χ2v) is 8.96. The fourth-order valence-electron chi connectivity index (χ4n) is 3.23. The predicted octanol–water partition coefficient (Wildman–Crippen LogP) is 1.27. The van der Waals surface area contributed by atoms with Gasteiger partial charge in [0.1, 0.15) is 13.2 Å². The summed E-state index contributed by atoms with van der Waals surface area (Å²) in [4.78, 5) is 24.5. The first-order valence-electron chi connectivity index (χ1n) is 9.98. The molecule has 0 bridgehead atoms. The van der Waals surface area contributed by atoms with Crippen molar-refractivity contribution in [1.82, 2.24) is 4.31 Å². The molecule has 0 saturated carbocycles. The van der Waals surface area contributed by atoms with E-state index in [1.807, 2.05) is 0 Å². The van der Waals surface area contributed by atoms with Crippen LogP contribution in [0.2, 0.25) is 0 Å². The van der Waals surface area contributed by atoms with E-state index in [4.69, 9.17) is 18.9 Å². The minimum absolute atomic E-state index is 0.127. The fraction of sp³-hybridized carbons (Fsp3) is 0.333. The van der Waals surface area contributed by atoms with E-state index in [0.717, 1.165) is 0 Å². The average Bonchev–Trinajstić information content (AvgIpc) is 2.83. The lowest BCUT2D eigenvalue weighted by Gasteiger charge is -2.26. The highest BCUT2D eigenvalue weighted by Crippen LogP contribution is 2.31. The van der Waals surface area contributed by atoms with Gasteiger partial charge in [0.15, 0.2) is 18.1 Å². The van der Waals surface area contributed by atoms with Crippen molar-refractivity contribution in [2.75, 3.05) is 51.4 Å². The Morgan fingerprint density at radius 3 is 2.34 bits per heavy atom. The number of nitrogens with one attached hydrogen (secondary N) is 1. The zero-order valence-electron chi connectivity index (χ0n) is 17.1. The van der Waals surface area contributed by atoms with Gasteiger partial charge in [-0.3, -0.25) is 4.79 Å². The van der Waals surface area contributed by atoms with Crippen LogP contribution < -0.4 is 14.8 Å². The molecule has 1 N–H and O–H groups in total. The Labute approximate surface area is 185 Å². The third-order valence-electron chi connectivity index (χ3n) is 4.86. The molecule has 0 atom stereocenters. The SMILES string of the molecule is O=C(COC(=O)c1ccc2c(c1)OCCO2)Nc1ccc(S(=O)(=O)N2CCOCC2)cc1. The van der Waals surface area contributed by atoms with Crippen LogP contribution in [0.1, 0.15) is 10.4 Å². The molecule has 2 aliphatic rings. The highest BCUT2D eigenvalue weighted by molar-refractivity contribution is 7.89. The number of morpholine rings is 1. The standard InChI is InChI=1S/C21H22N2O8S/c24-20(14-31-21(25)15-1-6-18-19(13-15)30-12-11-29-18)22-16-2-4-17(5-3-16)32(26,27)23-7-9-28-10-8-23/h1-6,13H,7-12,14H2,(H,22,24). The number of benzene rings is 2. The number of esters is 1. The topological polar surface area (TPSA) is 120 Å². The van der Waals surface area contributed by atoms with Gasteiger partial charge in [0.05, 0.1) is 23.7 Å². The molecule has 11 heteroatoms. The van der Waals surface area contributed by atoms with Crippen molar-refractivity contribution in [2.45, 2.75) is 4.90 Å². The van der Waals surface area contributed by atoms with Crippen LogP contribution in [0.5, 0.6) is 11.5 Å². The van der Waals surface area contributed by atoms with Crippen molar-refractivity contribution in [3.63, 3.8) is 0 Å². The van der Waals surface area contributed by atoms with Crippen molar-refractivity contribution in [2.24, 2.45) is 0 Å². The van der Waals surface area contributed by atoms with E-state index in [-0.39, 0.29) is 10.5 Å². The van der Waals surface area contributed by atoms with Gasteiger partial charge in [-0.2, -0.15) is 4.31 Å². The summed E-state index contributed by atoms with van der Waals surface area (Å²) in [5.41, 5.74) is 0.617. The second-order valence-electron chi connectivity index (χ2n) is 7.02. The van der Waals surface area contributed by atoms with Crippen LogP contribution in [-0.4, -0.2) is 70.7 Å². The molecule has 2 aromatic carbocycles. The fourth-order valence-corrected chi connectivity index (χ4v) is 4.64. The van der Waals surface area contributed by atoms with Gasteiger partial charge in [-0.15, -0.1) is 0 Å². The summed E-state index contributed by atoms with van der Waals surface area (Å²) < 4.78 is 47.7. The minimum atomic E-state index is -3.61. The van der Waals surface area contributed by atoms with E-state index in [9.17, 15) is 18.0 Å². The summed E-state index contributed by atoms with van der Waals surface area (Å²) in [6, 6.07) is 10.4. The number of fused-ring (bicyclic) bond motifs is 1. The van der Waals surface area contributed by atoms with Gasteiger partial charge in [0.25, 0.3) is 5.91 Å². The van der Waals surface area contributed by atoms with Gasteiger partial charge in [0, 0.05) is 18.8 Å². The summed E-state index contributed by atoms with van der Waals surface area (Å²) in [7, 11) is -3.61. The summed E-state index contributed by atoms with van der Waals surface area (Å²) in [5.74, 6) is -0.240. The van der Waals surface area contributed by atoms with Crippen LogP contribution in [0.25, 0.3) is 0 Å². The summed E-state index contributed by atoms with van der Waals surface area (Å²) in [6.45, 7) is 1.65. The van der Waals surface area contributed by atoms with Crippen molar-refractivity contribution >= 4 is 27.6 Å². The van der Waals surface area contributed by atoms with Gasteiger partial charge in [-0.25, -0.2) is 13.2 Å². The summed E-state index contributed by atoms with van der Waals surface area (Å²) in [6.07, 6.45) is 0. The molecular formula is C21H22N2O8S. The molecule has 10 nitrogen and oxygen atoms in total. The zero-order chi connectivity index (χ0) is 22.6. The van der Waals surface area contributed by atoms with E-state index in [1.54, 1.807) is 6.07 Å². The first kappa shape index (κ1) is 22.1. The number of rotatable bonds is 6. The van der Waals surface area contributed by atoms with Gasteiger partial charge in [-0.1, -0.05) is 0 Å². The molecular weight excluding hydrogens is 440 g/mol. The monoisotopic (exact) mass is 462 g/mol. The number of nitrogens with zero attached hydrogens (tertiary/aromatic N) is 1. The Bertz CT molecular complexity index is 1100. The van der Waals surface area contributed by atoms with Gasteiger partial charge < -0.3 is 24.3 Å². The first-order chi connectivity index (χ1) is 15.4. The van der Waals surface area contributed by atoms with E-state index in [1.165, 1.54) is 40.7 Å². The number of hydrogen-bond donors (Lipinski definition) is 1. The molecule has 170 valence electrons. The van der Waals surface area contributed by atoms with E-state index in [2.05, 4.69) is 5.32 Å². The molecule has 0 unspecified atom stereocenters. The molecule has 1 saturated heterocycles. The Hall–Kier alpha value is -3.15. The average molecular weight is 462 g/mol. The molecule has 1 fully saturated rings. The number of ether oxygens (including phenoxy) is 4. The highest BCUT2D eigenvalue weighted by atomic mass is 32.2. The number of sulfonamides is 1. The largest absolute Gasteiger partial charge is 0.486 e. The van der Waals surface area contributed by atoms with Gasteiger partial charge in [-0.05, 0) is 42.5 Å². The molecule has 0 aromatic heterocycles. The summed E-state index contributed by atoms with van der Waals surface area (Å²) >= 11 is 0. The second kappa shape index (κ2) is 9.55. The van der Waals surface area contributed by atoms with Crippen molar-refractivity contribution in [3.05, 3.63) is 48.0 Å². The van der Waals surface area contributed by atoms with Gasteiger partial charge in [0.2, 0.25) is 10.0 Å². The zero-order valence-corrected chi connectivity index (χ0v) is 17.9. The molecule has 2 heterocycles. The number of hydrogen-bond acceptors (Lipinski definition) is 8. The Morgan fingerprint density at radius 2 is 1.62 bits per heavy atom. The molecule has 0 radical (unpaired) electrons. The molecule has 0 aliphatic carbocycles. The van der Waals surface area contributed by atoms with Crippen LogP contribution >= 0.6 is 0 Å². The third kappa shape index (κ3) is 5.01. The summed E-state index contributed by atoms with van der Waals surface area (Å²) in [5, 5.41) is 2.57. The molecule has 2 aromatic rings. The van der Waals surface area contributed by atoms with Crippen LogP contribution in [-0.2, 0) is 24.3 Å². The van der Waals surface area contributed by atoms with Crippen LogP contribution in [0.3, 0.4) is 0 Å². The number of carbonyl (C=O) groups excluding carboxylic acids is 2. The molecule has 2 aliphatic heterocycles. The number of carbonyl (C=O) groups is 2. The van der Waals surface area contributed by atoms with E-state index in [0.29, 0.717) is 56.7 Å². The predicted molar refractivity (Wildman–Crippen MR) is 112 cm³/mol. The smallest absolute Gasteiger partial charge is 0.338 e. The Morgan fingerprint density at radius 1 is 0.938 bits per heavy atom. The van der Waals surface area contributed by atoms with E-state index < -0.39 is 28.5 Å². The maximum Gasteiger partial charge on any atom is 0.338 e. The maximum atomic E-state index is 12.6. The minimum Gasteiger partial charge on any atom is -0.486 e. The lowest BCUT2D eigenvalue weighted by molar-refractivity contribution is -0.119. The first-order valence-corrected chi connectivity index (χ1v) is 11.4. The number of amides is 1. The Kier molecular flexibility index (Phi) is 6.58.